The maximum Gasteiger partial charge on any atom is 0.131 e. The van der Waals surface area contributed by atoms with Crippen molar-refractivity contribution < 1.29 is 13.9 Å². The topological polar surface area (TPSA) is 20.2 Å². The summed E-state index contributed by atoms with van der Waals surface area (Å²) in [5, 5.41) is 10.0. The lowest BCUT2D eigenvalue weighted by atomic mass is 10.1. The lowest BCUT2D eigenvalue weighted by Crippen LogP contribution is -2.23. The Morgan fingerprint density at radius 3 is 2.75 bits per heavy atom. The Balaban J connectivity index is 2.15. The number of benzene rings is 1. The fourth-order valence-electron chi connectivity index (χ4n) is 1.63. The molecular formula is C11H12F2OS2. The first-order chi connectivity index (χ1) is 7.68. The minimum absolute atomic E-state index is 0.00119. The first-order valence-electron chi connectivity index (χ1n) is 5.01. The monoisotopic (exact) mass is 262 g/mol. The van der Waals surface area contributed by atoms with Crippen LogP contribution < -0.4 is 0 Å². The van der Waals surface area contributed by atoms with Crippen LogP contribution in [0.4, 0.5) is 8.78 Å². The average Bonchev–Trinajstić information content (AvgIpc) is 2.29. The van der Waals surface area contributed by atoms with Gasteiger partial charge in [0.2, 0.25) is 0 Å². The summed E-state index contributed by atoms with van der Waals surface area (Å²) < 4.78 is 26.2. The van der Waals surface area contributed by atoms with Gasteiger partial charge in [0.1, 0.15) is 11.6 Å². The molecule has 1 aliphatic rings. The lowest BCUT2D eigenvalue weighted by Gasteiger charge is -2.26. The molecule has 0 spiro atoms. The highest BCUT2D eigenvalue weighted by molar-refractivity contribution is 8.06. The smallest absolute Gasteiger partial charge is 0.131 e. The van der Waals surface area contributed by atoms with Gasteiger partial charge in [-0.3, -0.25) is 0 Å². The molecule has 0 saturated carbocycles. The first-order valence-corrected chi connectivity index (χ1v) is 7.21. The number of rotatable bonds is 2. The third kappa shape index (κ3) is 2.70. The third-order valence-electron chi connectivity index (χ3n) is 2.48. The van der Waals surface area contributed by atoms with Crippen molar-refractivity contribution in [1.82, 2.24) is 0 Å². The molecule has 0 radical (unpaired) electrons. The fraction of sp³-hybridized carbons (Fsp3) is 0.455. The molecule has 0 aliphatic carbocycles. The maximum absolute atomic E-state index is 13.4. The minimum Gasteiger partial charge on any atom is -0.387 e. The minimum atomic E-state index is -0.849. The standard InChI is InChI=1S/C11H12F2OS2/c12-7-1-2-8(9(13)5-7)11(14)10-6-15-3-4-16-10/h1-2,5,10-11,14H,3-4,6H2. The van der Waals surface area contributed by atoms with Gasteiger partial charge in [0, 0.05) is 34.1 Å². The maximum atomic E-state index is 13.4. The van der Waals surface area contributed by atoms with Crippen LogP contribution in [0.1, 0.15) is 11.7 Å². The number of aliphatic hydroxyl groups is 1. The Labute approximate surface area is 102 Å². The molecule has 1 nitrogen and oxygen atoms in total. The van der Waals surface area contributed by atoms with Crippen molar-refractivity contribution in [2.75, 3.05) is 17.3 Å². The number of aliphatic hydroxyl groups excluding tert-OH is 1. The second-order valence-electron chi connectivity index (χ2n) is 3.59. The van der Waals surface area contributed by atoms with Crippen LogP contribution in [0.3, 0.4) is 0 Å². The van der Waals surface area contributed by atoms with Crippen LogP contribution in [-0.4, -0.2) is 27.6 Å². The van der Waals surface area contributed by atoms with Crippen LogP contribution in [0, 0.1) is 11.6 Å². The second-order valence-corrected chi connectivity index (χ2v) is 6.09. The molecule has 1 fully saturated rings. The zero-order valence-electron chi connectivity index (χ0n) is 8.53. The molecule has 2 unspecified atom stereocenters. The molecule has 1 aromatic carbocycles. The second kappa shape index (κ2) is 5.38. The summed E-state index contributed by atoms with van der Waals surface area (Å²) in [6.07, 6.45) is -0.849. The molecule has 2 atom stereocenters. The van der Waals surface area contributed by atoms with Crippen LogP contribution in [0.5, 0.6) is 0 Å². The molecule has 5 heteroatoms. The van der Waals surface area contributed by atoms with Crippen LogP contribution >= 0.6 is 23.5 Å². The van der Waals surface area contributed by atoms with E-state index < -0.39 is 17.7 Å². The van der Waals surface area contributed by atoms with Gasteiger partial charge in [-0.15, -0.1) is 0 Å². The number of halogens is 2. The molecule has 16 heavy (non-hydrogen) atoms. The molecular weight excluding hydrogens is 250 g/mol. The van der Waals surface area contributed by atoms with Crippen molar-refractivity contribution in [3.05, 3.63) is 35.4 Å². The quantitative estimate of drug-likeness (QED) is 0.885. The van der Waals surface area contributed by atoms with Crippen molar-refractivity contribution in [2.24, 2.45) is 0 Å². The predicted octanol–water partition coefficient (Wildman–Crippen LogP) is 2.85. The van der Waals surface area contributed by atoms with E-state index in [2.05, 4.69) is 0 Å². The molecule has 2 rings (SSSR count). The summed E-state index contributed by atoms with van der Waals surface area (Å²) in [6.45, 7) is 0. The van der Waals surface area contributed by atoms with E-state index in [-0.39, 0.29) is 10.8 Å². The van der Waals surface area contributed by atoms with Crippen molar-refractivity contribution in [3.63, 3.8) is 0 Å². The zero-order valence-corrected chi connectivity index (χ0v) is 10.2. The number of thioether (sulfide) groups is 2. The highest BCUT2D eigenvalue weighted by atomic mass is 32.2. The van der Waals surface area contributed by atoms with Gasteiger partial charge < -0.3 is 5.11 Å². The summed E-state index contributed by atoms with van der Waals surface area (Å²) in [4.78, 5) is 0. The van der Waals surface area contributed by atoms with Crippen LogP contribution in [0.2, 0.25) is 0 Å². The molecule has 0 amide bonds. The Hall–Kier alpha value is -0.260. The summed E-state index contributed by atoms with van der Waals surface area (Å²) in [5.41, 5.74) is 0.196. The Bertz CT molecular complexity index is 367. The molecule has 1 N–H and O–H groups in total. The molecule has 1 aliphatic heterocycles. The van der Waals surface area contributed by atoms with Crippen molar-refractivity contribution in [1.29, 1.82) is 0 Å². The van der Waals surface area contributed by atoms with E-state index in [1.165, 1.54) is 12.1 Å². The third-order valence-corrected chi connectivity index (χ3v) is 5.32. The highest BCUT2D eigenvalue weighted by Gasteiger charge is 2.26. The van der Waals surface area contributed by atoms with Gasteiger partial charge in [-0.1, -0.05) is 6.07 Å². The summed E-state index contributed by atoms with van der Waals surface area (Å²) >= 11 is 3.41. The van der Waals surface area contributed by atoms with Crippen molar-refractivity contribution >= 4 is 23.5 Å². The number of hydrogen-bond donors (Lipinski definition) is 1. The predicted molar refractivity (Wildman–Crippen MR) is 64.9 cm³/mol. The molecule has 1 heterocycles. The highest BCUT2D eigenvalue weighted by Crippen LogP contribution is 2.34. The zero-order chi connectivity index (χ0) is 11.5. The summed E-state index contributed by atoms with van der Waals surface area (Å²) in [5.74, 6) is 1.57. The average molecular weight is 262 g/mol. The SMILES string of the molecule is OC(c1ccc(F)cc1F)C1CSCCS1. The van der Waals surface area contributed by atoms with Gasteiger partial charge in [0.25, 0.3) is 0 Å². The van der Waals surface area contributed by atoms with Gasteiger partial charge >= 0.3 is 0 Å². The van der Waals surface area contributed by atoms with E-state index >= 15 is 0 Å². The summed E-state index contributed by atoms with van der Waals surface area (Å²) in [7, 11) is 0. The largest absolute Gasteiger partial charge is 0.387 e. The van der Waals surface area contributed by atoms with E-state index in [4.69, 9.17) is 0 Å². The van der Waals surface area contributed by atoms with Gasteiger partial charge in [-0.05, 0) is 6.07 Å². The van der Waals surface area contributed by atoms with Gasteiger partial charge in [0.15, 0.2) is 0 Å². The van der Waals surface area contributed by atoms with Gasteiger partial charge in [-0.2, -0.15) is 23.5 Å². The molecule has 0 bridgehead atoms. The van der Waals surface area contributed by atoms with Crippen molar-refractivity contribution in [2.45, 2.75) is 11.4 Å². The fourth-order valence-corrected chi connectivity index (χ4v) is 4.37. The van der Waals surface area contributed by atoms with E-state index in [1.807, 2.05) is 0 Å². The Morgan fingerprint density at radius 2 is 2.12 bits per heavy atom. The molecule has 1 aromatic rings. The van der Waals surface area contributed by atoms with Crippen LogP contribution in [0.15, 0.2) is 18.2 Å². The van der Waals surface area contributed by atoms with E-state index in [0.717, 1.165) is 23.3 Å². The van der Waals surface area contributed by atoms with Crippen LogP contribution in [0.25, 0.3) is 0 Å². The normalized spacial score (nSPS) is 23.1. The lowest BCUT2D eigenvalue weighted by molar-refractivity contribution is 0.175. The Morgan fingerprint density at radius 1 is 1.31 bits per heavy atom. The Kier molecular flexibility index (Phi) is 4.10. The molecule has 1 saturated heterocycles. The molecule has 88 valence electrons. The van der Waals surface area contributed by atoms with Gasteiger partial charge in [-0.25, -0.2) is 8.78 Å². The molecule has 0 aromatic heterocycles. The summed E-state index contributed by atoms with van der Waals surface area (Å²) in [6, 6.07) is 3.33. The van der Waals surface area contributed by atoms with E-state index in [9.17, 15) is 13.9 Å². The van der Waals surface area contributed by atoms with Crippen molar-refractivity contribution in [3.8, 4) is 0 Å². The number of hydrogen-bond acceptors (Lipinski definition) is 3. The van der Waals surface area contributed by atoms with Crippen LogP contribution in [-0.2, 0) is 0 Å². The first kappa shape index (κ1) is 12.2. The van der Waals surface area contributed by atoms with E-state index in [1.54, 1.807) is 23.5 Å². The van der Waals surface area contributed by atoms with E-state index in [0.29, 0.717) is 0 Å². The van der Waals surface area contributed by atoms with Gasteiger partial charge in [0.05, 0.1) is 6.10 Å².